The zero-order chi connectivity index (χ0) is 12.3. The van der Waals surface area contributed by atoms with Crippen LogP contribution in [0.2, 0.25) is 0 Å². The number of carbonyl (C=O) groups excluding carboxylic acids is 1. The summed E-state index contributed by atoms with van der Waals surface area (Å²) >= 11 is 0. The molecule has 0 bridgehead atoms. The third-order valence-corrected chi connectivity index (χ3v) is 3.21. The predicted octanol–water partition coefficient (Wildman–Crippen LogP) is 0.673. The fourth-order valence-corrected chi connectivity index (χ4v) is 2.09. The van der Waals surface area contributed by atoms with Crippen LogP contribution in [0.15, 0.2) is 12.4 Å². The molecule has 92 valence electrons. The van der Waals surface area contributed by atoms with Crippen LogP contribution in [0, 0.1) is 6.92 Å². The summed E-state index contributed by atoms with van der Waals surface area (Å²) in [5.74, 6) is -0.0719. The fraction of sp³-hybridized carbons (Fsp3) is 0.583. The summed E-state index contributed by atoms with van der Waals surface area (Å²) in [7, 11) is 0. The number of carbonyl (C=O) groups is 1. The molecule has 1 aromatic rings. The van der Waals surface area contributed by atoms with Crippen molar-refractivity contribution in [2.45, 2.75) is 44.7 Å². The summed E-state index contributed by atoms with van der Waals surface area (Å²) in [4.78, 5) is 20.2. The number of aromatic nitrogens is 2. The molecule has 1 aliphatic rings. The highest BCUT2D eigenvalue weighted by molar-refractivity contribution is 5.86. The van der Waals surface area contributed by atoms with Crippen molar-refractivity contribution in [1.82, 2.24) is 15.3 Å². The van der Waals surface area contributed by atoms with Gasteiger partial charge in [-0.2, -0.15) is 0 Å². The largest absolute Gasteiger partial charge is 0.349 e. The fourth-order valence-electron chi connectivity index (χ4n) is 2.09. The van der Waals surface area contributed by atoms with E-state index in [0.29, 0.717) is 6.54 Å². The molecule has 2 rings (SSSR count). The van der Waals surface area contributed by atoms with Gasteiger partial charge in [0.05, 0.1) is 29.7 Å². The Balaban J connectivity index is 1.89. The number of rotatable bonds is 3. The lowest BCUT2D eigenvalue weighted by atomic mass is 9.98. The normalized spacial score (nSPS) is 18.0. The molecule has 17 heavy (non-hydrogen) atoms. The van der Waals surface area contributed by atoms with Crippen LogP contribution in [0.3, 0.4) is 0 Å². The average Bonchev–Trinajstić information content (AvgIpc) is 2.76. The van der Waals surface area contributed by atoms with Crippen molar-refractivity contribution in [3.8, 4) is 0 Å². The summed E-state index contributed by atoms with van der Waals surface area (Å²) in [6.07, 6.45) is 6.99. The maximum absolute atomic E-state index is 11.9. The Morgan fingerprint density at radius 3 is 2.71 bits per heavy atom. The van der Waals surface area contributed by atoms with E-state index < -0.39 is 5.54 Å². The first-order valence-corrected chi connectivity index (χ1v) is 5.95. The Hall–Kier alpha value is -1.49. The minimum absolute atomic E-state index is 0.0719. The molecule has 0 unspecified atom stereocenters. The first-order valence-electron chi connectivity index (χ1n) is 5.95. The lowest BCUT2D eigenvalue weighted by molar-refractivity contribution is -0.126. The summed E-state index contributed by atoms with van der Waals surface area (Å²) in [5, 5.41) is 2.83. The van der Waals surface area contributed by atoms with E-state index in [2.05, 4.69) is 15.3 Å². The van der Waals surface area contributed by atoms with Crippen molar-refractivity contribution in [3.63, 3.8) is 0 Å². The number of hydrogen-bond acceptors (Lipinski definition) is 4. The molecular weight excluding hydrogens is 216 g/mol. The van der Waals surface area contributed by atoms with Gasteiger partial charge in [0, 0.05) is 6.20 Å². The Morgan fingerprint density at radius 1 is 1.41 bits per heavy atom. The minimum atomic E-state index is -0.669. The Bertz CT molecular complexity index is 395. The first kappa shape index (κ1) is 12.0. The highest BCUT2D eigenvalue weighted by Gasteiger charge is 2.36. The Labute approximate surface area is 101 Å². The predicted molar refractivity (Wildman–Crippen MR) is 64.0 cm³/mol. The van der Waals surface area contributed by atoms with Crippen molar-refractivity contribution >= 4 is 5.91 Å². The molecular formula is C12H18N4O. The Kier molecular flexibility index (Phi) is 3.38. The van der Waals surface area contributed by atoms with Gasteiger partial charge in [-0.05, 0) is 19.8 Å². The van der Waals surface area contributed by atoms with Crippen molar-refractivity contribution in [2.75, 3.05) is 0 Å². The number of amides is 1. The lowest BCUT2D eigenvalue weighted by Crippen LogP contribution is -2.51. The van der Waals surface area contributed by atoms with E-state index in [1.165, 1.54) is 0 Å². The second kappa shape index (κ2) is 4.79. The molecule has 1 fully saturated rings. The van der Waals surface area contributed by atoms with Gasteiger partial charge in [-0.25, -0.2) is 0 Å². The van der Waals surface area contributed by atoms with Crippen LogP contribution in [-0.2, 0) is 11.3 Å². The highest BCUT2D eigenvalue weighted by Crippen LogP contribution is 2.27. The van der Waals surface area contributed by atoms with Crippen LogP contribution in [0.5, 0.6) is 0 Å². The molecule has 0 spiro atoms. The maximum atomic E-state index is 11.9. The van der Waals surface area contributed by atoms with E-state index in [-0.39, 0.29) is 5.91 Å². The average molecular weight is 234 g/mol. The van der Waals surface area contributed by atoms with E-state index in [0.717, 1.165) is 37.1 Å². The summed E-state index contributed by atoms with van der Waals surface area (Å²) in [6, 6.07) is 0. The van der Waals surface area contributed by atoms with Crippen molar-refractivity contribution in [2.24, 2.45) is 5.73 Å². The van der Waals surface area contributed by atoms with Crippen LogP contribution < -0.4 is 11.1 Å². The molecule has 1 aliphatic carbocycles. The number of aryl methyl sites for hydroxylation is 1. The number of nitrogens with one attached hydrogen (secondary N) is 1. The second-order valence-electron chi connectivity index (χ2n) is 4.70. The van der Waals surface area contributed by atoms with Gasteiger partial charge in [0.1, 0.15) is 0 Å². The zero-order valence-corrected chi connectivity index (χ0v) is 10.1. The lowest BCUT2D eigenvalue weighted by Gasteiger charge is -2.21. The van der Waals surface area contributed by atoms with Crippen molar-refractivity contribution in [3.05, 3.63) is 23.8 Å². The monoisotopic (exact) mass is 234 g/mol. The van der Waals surface area contributed by atoms with E-state index in [9.17, 15) is 4.79 Å². The smallest absolute Gasteiger partial charge is 0.240 e. The van der Waals surface area contributed by atoms with Gasteiger partial charge in [-0.15, -0.1) is 0 Å². The third kappa shape index (κ3) is 2.79. The van der Waals surface area contributed by atoms with Gasteiger partial charge in [0.15, 0.2) is 0 Å². The highest BCUT2D eigenvalue weighted by atomic mass is 16.2. The number of hydrogen-bond donors (Lipinski definition) is 2. The van der Waals surface area contributed by atoms with Gasteiger partial charge in [0.2, 0.25) is 5.91 Å². The van der Waals surface area contributed by atoms with Crippen molar-refractivity contribution < 1.29 is 4.79 Å². The molecule has 0 radical (unpaired) electrons. The van der Waals surface area contributed by atoms with Gasteiger partial charge in [0.25, 0.3) is 0 Å². The topological polar surface area (TPSA) is 80.9 Å². The quantitative estimate of drug-likeness (QED) is 0.805. The summed E-state index contributed by atoms with van der Waals surface area (Å²) in [6.45, 7) is 2.27. The molecule has 0 saturated heterocycles. The third-order valence-electron chi connectivity index (χ3n) is 3.21. The summed E-state index contributed by atoms with van der Waals surface area (Å²) < 4.78 is 0. The number of nitrogens with zero attached hydrogens (tertiary/aromatic N) is 2. The second-order valence-corrected chi connectivity index (χ2v) is 4.70. The van der Waals surface area contributed by atoms with Gasteiger partial charge < -0.3 is 11.1 Å². The standard InChI is InChI=1S/C12H18N4O/c1-9-6-15-10(7-14-9)8-16-11(17)12(13)4-2-3-5-12/h6-7H,2-5,8,13H2,1H3,(H,16,17). The molecule has 1 saturated carbocycles. The van der Waals surface area contributed by atoms with Gasteiger partial charge in [-0.1, -0.05) is 12.8 Å². The van der Waals surface area contributed by atoms with E-state index in [1.54, 1.807) is 12.4 Å². The first-order chi connectivity index (χ1) is 8.10. The van der Waals surface area contributed by atoms with Gasteiger partial charge in [-0.3, -0.25) is 14.8 Å². The molecule has 3 N–H and O–H groups in total. The summed E-state index contributed by atoms with van der Waals surface area (Å²) in [5.41, 5.74) is 7.00. The Morgan fingerprint density at radius 2 is 2.12 bits per heavy atom. The van der Waals surface area contributed by atoms with Crippen LogP contribution in [-0.4, -0.2) is 21.4 Å². The van der Waals surface area contributed by atoms with E-state index in [4.69, 9.17) is 5.73 Å². The molecule has 1 amide bonds. The molecule has 1 heterocycles. The number of nitrogens with two attached hydrogens (primary N) is 1. The minimum Gasteiger partial charge on any atom is -0.349 e. The molecule has 0 aromatic carbocycles. The van der Waals surface area contributed by atoms with Crippen molar-refractivity contribution in [1.29, 1.82) is 0 Å². The zero-order valence-electron chi connectivity index (χ0n) is 10.1. The SMILES string of the molecule is Cc1cnc(CNC(=O)C2(N)CCCC2)cn1. The van der Waals surface area contributed by atoms with Gasteiger partial charge >= 0.3 is 0 Å². The molecule has 0 atom stereocenters. The molecule has 5 heteroatoms. The van der Waals surface area contributed by atoms with E-state index >= 15 is 0 Å². The van der Waals surface area contributed by atoms with Crippen LogP contribution in [0.1, 0.15) is 37.1 Å². The van der Waals surface area contributed by atoms with Crippen LogP contribution in [0.4, 0.5) is 0 Å². The molecule has 0 aliphatic heterocycles. The maximum Gasteiger partial charge on any atom is 0.240 e. The van der Waals surface area contributed by atoms with Crippen LogP contribution in [0.25, 0.3) is 0 Å². The van der Waals surface area contributed by atoms with Crippen LogP contribution >= 0.6 is 0 Å². The van der Waals surface area contributed by atoms with E-state index in [1.807, 2.05) is 6.92 Å². The molecule has 1 aromatic heterocycles. The molecule has 5 nitrogen and oxygen atoms in total.